The molecule has 7 heteroatoms. The molecule has 6 nitrogen and oxygen atoms in total. The molecule has 0 bridgehead atoms. The first-order valence-corrected chi connectivity index (χ1v) is 11.4. The molecule has 3 rings (SSSR count). The van der Waals surface area contributed by atoms with Crippen LogP contribution in [-0.2, 0) is 21.4 Å². The Morgan fingerprint density at radius 2 is 1.69 bits per heavy atom. The van der Waals surface area contributed by atoms with E-state index in [4.69, 9.17) is 0 Å². The van der Waals surface area contributed by atoms with E-state index in [1.54, 1.807) is 24.3 Å². The van der Waals surface area contributed by atoms with Crippen molar-refractivity contribution in [2.75, 3.05) is 26.7 Å². The van der Waals surface area contributed by atoms with Crippen molar-refractivity contribution < 1.29 is 13.2 Å². The van der Waals surface area contributed by atoms with Crippen molar-refractivity contribution >= 4 is 15.9 Å². The zero-order chi connectivity index (χ0) is 20.9. The lowest BCUT2D eigenvalue weighted by Crippen LogP contribution is -2.47. The van der Waals surface area contributed by atoms with Crippen LogP contribution in [0.25, 0.3) is 0 Å². The fourth-order valence-corrected chi connectivity index (χ4v) is 4.84. The van der Waals surface area contributed by atoms with Gasteiger partial charge in [-0.3, -0.25) is 4.79 Å². The predicted molar refractivity (Wildman–Crippen MR) is 114 cm³/mol. The number of benzene rings is 2. The van der Waals surface area contributed by atoms with Crippen molar-refractivity contribution in [2.45, 2.75) is 37.2 Å². The third-order valence-electron chi connectivity index (χ3n) is 5.26. The number of piperidine rings is 1. The Bertz CT molecular complexity index is 906. The summed E-state index contributed by atoms with van der Waals surface area (Å²) in [7, 11) is -1.73. The van der Waals surface area contributed by atoms with Crippen LogP contribution in [0.4, 0.5) is 0 Å². The van der Waals surface area contributed by atoms with E-state index in [0.29, 0.717) is 0 Å². The van der Waals surface area contributed by atoms with E-state index in [2.05, 4.69) is 17.3 Å². The van der Waals surface area contributed by atoms with Gasteiger partial charge in [-0.2, -0.15) is 4.31 Å². The molecular formula is C22H29N3O3S. The molecule has 1 heterocycles. The highest BCUT2D eigenvalue weighted by Gasteiger charge is 2.28. The number of nitrogens with zero attached hydrogens (tertiary/aromatic N) is 2. The first-order valence-electron chi connectivity index (χ1n) is 9.93. The second kappa shape index (κ2) is 9.52. The normalized spacial score (nSPS) is 16.1. The number of amides is 1. The molecule has 0 atom stereocenters. The van der Waals surface area contributed by atoms with Crippen molar-refractivity contribution in [1.29, 1.82) is 0 Å². The summed E-state index contributed by atoms with van der Waals surface area (Å²) in [4.78, 5) is 15.1. The quantitative estimate of drug-likeness (QED) is 0.754. The summed E-state index contributed by atoms with van der Waals surface area (Å²) >= 11 is 0. The number of hydrogen-bond acceptors (Lipinski definition) is 4. The van der Waals surface area contributed by atoms with Gasteiger partial charge in [0.1, 0.15) is 0 Å². The minimum absolute atomic E-state index is 0.0966. The first-order chi connectivity index (χ1) is 13.8. The molecule has 0 aromatic heterocycles. The number of likely N-dealkylation sites (tertiary alicyclic amines) is 1. The van der Waals surface area contributed by atoms with Crippen molar-refractivity contribution in [1.82, 2.24) is 14.5 Å². The highest BCUT2D eigenvalue weighted by molar-refractivity contribution is 7.89. The van der Waals surface area contributed by atoms with Crippen molar-refractivity contribution in [3.63, 3.8) is 0 Å². The van der Waals surface area contributed by atoms with Gasteiger partial charge in [-0.05, 0) is 57.6 Å². The lowest BCUT2D eigenvalue weighted by Gasteiger charge is -2.30. The van der Waals surface area contributed by atoms with E-state index in [0.717, 1.165) is 37.1 Å². The summed E-state index contributed by atoms with van der Waals surface area (Å²) in [6.45, 7) is 3.73. The maximum absolute atomic E-state index is 13.3. The molecule has 2 aromatic rings. The molecule has 0 radical (unpaired) electrons. The fraction of sp³-hybridized carbons (Fsp3) is 0.409. The van der Waals surface area contributed by atoms with Gasteiger partial charge in [0, 0.05) is 12.6 Å². The molecular weight excluding hydrogens is 386 g/mol. The molecule has 0 spiro atoms. The van der Waals surface area contributed by atoms with Gasteiger partial charge in [0.25, 0.3) is 0 Å². The molecule has 1 fully saturated rings. The van der Waals surface area contributed by atoms with Crippen LogP contribution in [0, 0.1) is 6.92 Å². The van der Waals surface area contributed by atoms with Crippen LogP contribution < -0.4 is 5.32 Å². The van der Waals surface area contributed by atoms with Crippen LogP contribution in [0.2, 0.25) is 0 Å². The van der Waals surface area contributed by atoms with Crippen LogP contribution in [0.3, 0.4) is 0 Å². The lowest BCUT2D eigenvalue weighted by molar-refractivity contribution is -0.122. The Labute approximate surface area is 173 Å². The standard InChI is InChI=1S/C22H29N3O3S/c1-18-8-10-21(11-9-18)29(27,28)25(16-19-6-4-3-5-7-19)17-22(26)23-20-12-14-24(2)15-13-20/h3-11,20H,12-17H2,1-2H3,(H,23,26). The molecule has 1 aliphatic heterocycles. The number of hydrogen-bond donors (Lipinski definition) is 1. The minimum atomic E-state index is -3.80. The smallest absolute Gasteiger partial charge is 0.243 e. The molecule has 0 aliphatic carbocycles. The molecule has 0 saturated carbocycles. The second-order valence-corrected chi connectivity index (χ2v) is 9.65. The maximum atomic E-state index is 13.3. The van der Waals surface area contributed by atoms with E-state index >= 15 is 0 Å². The third kappa shape index (κ3) is 5.88. The average Bonchev–Trinajstić information content (AvgIpc) is 2.70. The molecule has 2 aromatic carbocycles. The zero-order valence-electron chi connectivity index (χ0n) is 17.0. The summed E-state index contributed by atoms with van der Waals surface area (Å²) in [5.41, 5.74) is 1.83. The van der Waals surface area contributed by atoms with Gasteiger partial charge in [0.2, 0.25) is 15.9 Å². The van der Waals surface area contributed by atoms with Crippen LogP contribution in [0.15, 0.2) is 59.5 Å². The number of aryl methyl sites for hydroxylation is 1. The molecule has 1 N–H and O–H groups in total. The molecule has 0 unspecified atom stereocenters. The number of sulfonamides is 1. The first kappa shape index (κ1) is 21.5. The number of carbonyl (C=O) groups excluding carboxylic acids is 1. The van der Waals surface area contributed by atoms with Crippen molar-refractivity contribution in [3.05, 3.63) is 65.7 Å². The Morgan fingerprint density at radius 3 is 2.31 bits per heavy atom. The van der Waals surface area contributed by atoms with Gasteiger partial charge in [0.15, 0.2) is 0 Å². The fourth-order valence-electron chi connectivity index (χ4n) is 3.46. The van der Waals surface area contributed by atoms with Gasteiger partial charge in [-0.25, -0.2) is 8.42 Å². The second-order valence-electron chi connectivity index (χ2n) is 7.72. The SMILES string of the molecule is Cc1ccc(S(=O)(=O)N(CC(=O)NC2CCN(C)CC2)Cc2ccccc2)cc1. The van der Waals surface area contributed by atoms with Gasteiger partial charge in [0.05, 0.1) is 11.4 Å². The monoisotopic (exact) mass is 415 g/mol. The largest absolute Gasteiger partial charge is 0.352 e. The van der Waals surface area contributed by atoms with E-state index in [-0.39, 0.29) is 29.9 Å². The lowest BCUT2D eigenvalue weighted by atomic mass is 10.1. The van der Waals surface area contributed by atoms with Gasteiger partial charge in [-0.15, -0.1) is 0 Å². The third-order valence-corrected chi connectivity index (χ3v) is 7.07. The van der Waals surface area contributed by atoms with Crippen molar-refractivity contribution in [2.24, 2.45) is 0 Å². The summed E-state index contributed by atoms with van der Waals surface area (Å²) in [5, 5.41) is 3.02. The summed E-state index contributed by atoms with van der Waals surface area (Å²) in [6.07, 6.45) is 1.76. The topological polar surface area (TPSA) is 69.7 Å². The molecule has 1 aliphatic rings. The van der Waals surface area contributed by atoms with Gasteiger partial charge >= 0.3 is 0 Å². The van der Waals surface area contributed by atoms with E-state index in [9.17, 15) is 13.2 Å². The van der Waals surface area contributed by atoms with Crippen molar-refractivity contribution in [3.8, 4) is 0 Å². The van der Waals surface area contributed by atoms with Crippen LogP contribution in [0.5, 0.6) is 0 Å². The van der Waals surface area contributed by atoms with Crippen LogP contribution >= 0.6 is 0 Å². The average molecular weight is 416 g/mol. The molecule has 1 saturated heterocycles. The Balaban J connectivity index is 1.77. The van der Waals surface area contributed by atoms with Gasteiger partial charge in [-0.1, -0.05) is 48.0 Å². The summed E-state index contributed by atoms with van der Waals surface area (Å²) in [5.74, 6) is -0.258. The zero-order valence-corrected chi connectivity index (χ0v) is 17.9. The van der Waals surface area contributed by atoms with E-state index in [1.165, 1.54) is 4.31 Å². The Kier molecular flexibility index (Phi) is 7.05. The highest BCUT2D eigenvalue weighted by Crippen LogP contribution is 2.19. The molecule has 156 valence electrons. The number of carbonyl (C=O) groups is 1. The number of nitrogens with one attached hydrogen (secondary N) is 1. The van der Waals surface area contributed by atoms with Crippen LogP contribution in [-0.4, -0.2) is 56.3 Å². The van der Waals surface area contributed by atoms with Crippen LogP contribution in [0.1, 0.15) is 24.0 Å². The predicted octanol–water partition coefficient (Wildman–Crippen LogP) is 2.40. The van der Waals surface area contributed by atoms with E-state index in [1.807, 2.05) is 37.3 Å². The van der Waals surface area contributed by atoms with Gasteiger partial charge < -0.3 is 10.2 Å². The Hall–Kier alpha value is -2.22. The number of rotatable bonds is 7. The molecule has 29 heavy (non-hydrogen) atoms. The van der Waals surface area contributed by atoms with E-state index < -0.39 is 10.0 Å². The molecule has 1 amide bonds. The Morgan fingerprint density at radius 1 is 1.07 bits per heavy atom. The maximum Gasteiger partial charge on any atom is 0.243 e. The summed E-state index contributed by atoms with van der Waals surface area (Å²) in [6, 6.07) is 16.2. The highest BCUT2D eigenvalue weighted by atomic mass is 32.2. The summed E-state index contributed by atoms with van der Waals surface area (Å²) < 4.78 is 27.8. The minimum Gasteiger partial charge on any atom is -0.352 e.